The van der Waals surface area contributed by atoms with Gasteiger partial charge in [-0.05, 0) is 19.1 Å². The summed E-state index contributed by atoms with van der Waals surface area (Å²) in [7, 11) is 0. The number of aromatic nitrogens is 1. The first-order chi connectivity index (χ1) is 7.61. The molecule has 1 aromatic rings. The average molecular weight is 220 g/mol. The molecule has 0 spiro atoms. The van der Waals surface area contributed by atoms with Crippen LogP contribution in [-0.2, 0) is 11.3 Å². The van der Waals surface area contributed by atoms with Crippen LogP contribution in [0.5, 0.6) is 0 Å². The van der Waals surface area contributed by atoms with Crippen LogP contribution in [0, 0.1) is 6.92 Å². The second kappa shape index (κ2) is 6.02. The molecule has 0 radical (unpaired) electrons. The van der Waals surface area contributed by atoms with Gasteiger partial charge >= 0.3 is 5.97 Å². The molecule has 1 rings (SSSR count). The summed E-state index contributed by atoms with van der Waals surface area (Å²) in [6.07, 6.45) is 1.69. The highest BCUT2D eigenvalue weighted by Gasteiger charge is 2.09. The maximum atomic E-state index is 10.6. The van der Waals surface area contributed by atoms with Gasteiger partial charge < -0.3 is 5.11 Å². The Balaban J connectivity index is 2.66. The minimum atomic E-state index is -0.838. The number of rotatable bonds is 6. The van der Waals surface area contributed by atoms with Gasteiger partial charge in [0.1, 0.15) is 0 Å². The largest absolute Gasteiger partial charge is 0.480 e. The molecule has 4 heteroatoms. The van der Waals surface area contributed by atoms with Crippen LogP contribution in [0.15, 0.2) is 30.9 Å². The quantitative estimate of drug-likeness (QED) is 0.737. The number of nitrogens with zero attached hydrogens (tertiary/aromatic N) is 2. The number of aryl methyl sites for hydroxylation is 1. The fourth-order valence-corrected chi connectivity index (χ4v) is 1.48. The first kappa shape index (κ1) is 12.4. The standard InChI is InChI=1S/C12H16N2O2/c1-3-7-14(9-12(15)16)8-11-6-4-5-10(2)13-11/h3-6H,1,7-9H2,2H3,(H,15,16). The number of hydrogen-bond donors (Lipinski definition) is 1. The molecule has 0 amide bonds. The normalized spacial score (nSPS) is 10.4. The lowest BCUT2D eigenvalue weighted by Crippen LogP contribution is -2.29. The van der Waals surface area contributed by atoms with E-state index in [1.807, 2.05) is 25.1 Å². The molecule has 16 heavy (non-hydrogen) atoms. The lowest BCUT2D eigenvalue weighted by molar-refractivity contribution is -0.138. The van der Waals surface area contributed by atoms with Crippen LogP contribution in [0.3, 0.4) is 0 Å². The molecular formula is C12H16N2O2. The molecule has 86 valence electrons. The highest BCUT2D eigenvalue weighted by atomic mass is 16.4. The van der Waals surface area contributed by atoms with Crippen molar-refractivity contribution in [1.82, 2.24) is 9.88 Å². The molecule has 0 aromatic carbocycles. The zero-order valence-corrected chi connectivity index (χ0v) is 9.39. The van der Waals surface area contributed by atoms with Crippen molar-refractivity contribution in [2.24, 2.45) is 0 Å². The lowest BCUT2D eigenvalue weighted by atomic mass is 10.3. The summed E-state index contributed by atoms with van der Waals surface area (Å²) in [4.78, 5) is 16.8. The van der Waals surface area contributed by atoms with Crippen molar-refractivity contribution in [2.75, 3.05) is 13.1 Å². The molecule has 0 saturated heterocycles. The third-order valence-electron chi connectivity index (χ3n) is 2.08. The van der Waals surface area contributed by atoms with E-state index in [2.05, 4.69) is 11.6 Å². The van der Waals surface area contributed by atoms with Gasteiger partial charge in [-0.3, -0.25) is 14.7 Å². The molecule has 0 fully saturated rings. The van der Waals surface area contributed by atoms with E-state index in [0.29, 0.717) is 13.1 Å². The highest BCUT2D eigenvalue weighted by Crippen LogP contribution is 2.03. The minimum Gasteiger partial charge on any atom is -0.480 e. The van der Waals surface area contributed by atoms with Crippen LogP contribution in [0.25, 0.3) is 0 Å². The molecule has 4 nitrogen and oxygen atoms in total. The van der Waals surface area contributed by atoms with Crippen molar-refractivity contribution in [3.05, 3.63) is 42.2 Å². The van der Waals surface area contributed by atoms with Crippen LogP contribution in [-0.4, -0.2) is 34.0 Å². The smallest absolute Gasteiger partial charge is 0.317 e. The van der Waals surface area contributed by atoms with Gasteiger partial charge in [0.25, 0.3) is 0 Å². The van der Waals surface area contributed by atoms with E-state index < -0.39 is 5.97 Å². The minimum absolute atomic E-state index is 0.00163. The Morgan fingerprint density at radius 2 is 2.38 bits per heavy atom. The Morgan fingerprint density at radius 3 is 2.94 bits per heavy atom. The van der Waals surface area contributed by atoms with E-state index in [-0.39, 0.29) is 6.54 Å². The summed E-state index contributed by atoms with van der Waals surface area (Å²) in [5.41, 5.74) is 1.81. The zero-order chi connectivity index (χ0) is 12.0. The highest BCUT2D eigenvalue weighted by molar-refractivity contribution is 5.69. The Bertz CT molecular complexity index is 377. The maximum absolute atomic E-state index is 10.6. The molecule has 0 unspecified atom stereocenters. The van der Waals surface area contributed by atoms with Crippen LogP contribution >= 0.6 is 0 Å². The predicted octanol–water partition coefficient (Wildman–Crippen LogP) is 1.46. The van der Waals surface area contributed by atoms with Gasteiger partial charge in [0.05, 0.1) is 12.2 Å². The predicted molar refractivity (Wildman–Crippen MR) is 62.1 cm³/mol. The molecule has 0 atom stereocenters. The van der Waals surface area contributed by atoms with Gasteiger partial charge in [-0.1, -0.05) is 12.1 Å². The molecule has 0 saturated carbocycles. The average Bonchev–Trinajstić information content (AvgIpc) is 2.16. The van der Waals surface area contributed by atoms with Gasteiger partial charge in [-0.25, -0.2) is 0 Å². The van der Waals surface area contributed by atoms with E-state index in [1.54, 1.807) is 11.0 Å². The summed E-state index contributed by atoms with van der Waals surface area (Å²) in [5.74, 6) is -0.838. The monoisotopic (exact) mass is 220 g/mol. The van der Waals surface area contributed by atoms with Crippen molar-refractivity contribution in [3.63, 3.8) is 0 Å². The Labute approximate surface area is 95.2 Å². The van der Waals surface area contributed by atoms with Crippen molar-refractivity contribution >= 4 is 5.97 Å². The molecule has 0 bridgehead atoms. The van der Waals surface area contributed by atoms with Gasteiger partial charge in [0, 0.05) is 18.8 Å². The second-order valence-electron chi connectivity index (χ2n) is 3.62. The molecule has 0 aliphatic heterocycles. The number of pyridine rings is 1. The van der Waals surface area contributed by atoms with Gasteiger partial charge in [0.15, 0.2) is 0 Å². The van der Waals surface area contributed by atoms with Crippen molar-refractivity contribution in [3.8, 4) is 0 Å². The van der Waals surface area contributed by atoms with E-state index in [9.17, 15) is 4.79 Å². The van der Waals surface area contributed by atoms with Crippen LogP contribution < -0.4 is 0 Å². The number of carboxylic acids is 1. The van der Waals surface area contributed by atoms with Gasteiger partial charge in [-0.2, -0.15) is 0 Å². The second-order valence-corrected chi connectivity index (χ2v) is 3.62. The van der Waals surface area contributed by atoms with E-state index in [1.165, 1.54) is 0 Å². The topological polar surface area (TPSA) is 53.4 Å². The molecule has 1 aromatic heterocycles. The molecule has 1 N–H and O–H groups in total. The molecule has 0 aliphatic rings. The SMILES string of the molecule is C=CCN(CC(=O)O)Cc1cccc(C)n1. The first-order valence-corrected chi connectivity index (χ1v) is 5.09. The third kappa shape index (κ3) is 4.23. The summed E-state index contributed by atoms with van der Waals surface area (Å²) in [6.45, 7) is 6.60. The van der Waals surface area contributed by atoms with Crippen molar-refractivity contribution in [2.45, 2.75) is 13.5 Å². The Kier molecular flexibility index (Phi) is 4.66. The molecular weight excluding hydrogens is 204 g/mol. The zero-order valence-electron chi connectivity index (χ0n) is 9.39. The van der Waals surface area contributed by atoms with Crippen molar-refractivity contribution < 1.29 is 9.90 Å². The fraction of sp³-hybridized carbons (Fsp3) is 0.333. The maximum Gasteiger partial charge on any atom is 0.317 e. The Hall–Kier alpha value is -1.68. The number of aliphatic carboxylic acids is 1. The summed E-state index contributed by atoms with van der Waals surface area (Å²) >= 11 is 0. The van der Waals surface area contributed by atoms with Crippen LogP contribution in [0.4, 0.5) is 0 Å². The summed E-state index contributed by atoms with van der Waals surface area (Å²) in [5, 5.41) is 8.75. The fourth-order valence-electron chi connectivity index (χ4n) is 1.48. The number of carboxylic acid groups (broad SMARTS) is 1. The third-order valence-corrected chi connectivity index (χ3v) is 2.08. The number of carbonyl (C=O) groups is 1. The van der Waals surface area contributed by atoms with E-state index in [4.69, 9.17) is 5.11 Å². The van der Waals surface area contributed by atoms with Crippen molar-refractivity contribution in [1.29, 1.82) is 0 Å². The molecule has 1 heterocycles. The summed E-state index contributed by atoms with van der Waals surface area (Å²) < 4.78 is 0. The summed E-state index contributed by atoms with van der Waals surface area (Å²) in [6, 6.07) is 5.73. The Morgan fingerprint density at radius 1 is 1.62 bits per heavy atom. The first-order valence-electron chi connectivity index (χ1n) is 5.09. The van der Waals surface area contributed by atoms with Gasteiger partial charge in [-0.15, -0.1) is 6.58 Å². The lowest BCUT2D eigenvalue weighted by Gasteiger charge is -2.17. The van der Waals surface area contributed by atoms with E-state index >= 15 is 0 Å². The van der Waals surface area contributed by atoms with Gasteiger partial charge in [0.2, 0.25) is 0 Å². The number of hydrogen-bond acceptors (Lipinski definition) is 3. The van der Waals surface area contributed by atoms with E-state index in [0.717, 1.165) is 11.4 Å². The van der Waals surface area contributed by atoms with Crippen LogP contribution in [0.1, 0.15) is 11.4 Å². The molecule has 0 aliphatic carbocycles. The van der Waals surface area contributed by atoms with Crippen LogP contribution in [0.2, 0.25) is 0 Å².